The summed E-state index contributed by atoms with van der Waals surface area (Å²) in [6.07, 6.45) is 1.63. The molecule has 0 fully saturated rings. The van der Waals surface area contributed by atoms with Gasteiger partial charge in [0.25, 0.3) is 11.8 Å². The third-order valence-corrected chi connectivity index (χ3v) is 4.52. The predicted octanol–water partition coefficient (Wildman–Crippen LogP) is 3.43. The van der Waals surface area contributed by atoms with E-state index in [1.165, 1.54) is 11.0 Å². The maximum atomic E-state index is 13.8. The summed E-state index contributed by atoms with van der Waals surface area (Å²) < 4.78 is 13.8. The highest BCUT2D eigenvalue weighted by Gasteiger charge is 2.25. The van der Waals surface area contributed by atoms with Gasteiger partial charge in [-0.1, -0.05) is 6.07 Å². The highest BCUT2D eigenvalue weighted by atomic mass is 19.1. The molecule has 2 aromatic rings. The van der Waals surface area contributed by atoms with Crippen molar-refractivity contribution in [3.05, 3.63) is 64.5 Å². The Bertz CT molecular complexity index is 846. The molecule has 0 unspecified atom stereocenters. The molecule has 0 aliphatic carbocycles. The Morgan fingerprint density at radius 3 is 2.48 bits per heavy atom. The topological polar surface area (TPSA) is 40.6 Å². The van der Waals surface area contributed by atoms with Crippen LogP contribution in [0.4, 0.5) is 10.1 Å². The lowest BCUT2D eigenvalue weighted by Crippen LogP contribution is -2.35. The zero-order chi connectivity index (χ0) is 18.1. The first-order valence-electron chi connectivity index (χ1n) is 8.31. The van der Waals surface area contributed by atoms with Crippen molar-refractivity contribution in [2.24, 2.45) is 0 Å². The van der Waals surface area contributed by atoms with Crippen LogP contribution in [-0.2, 0) is 6.42 Å². The van der Waals surface area contributed by atoms with Crippen molar-refractivity contribution in [1.29, 1.82) is 0 Å². The van der Waals surface area contributed by atoms with Gasteiger partial charge in [-0.2, -0.15) is 0 Å². The standard InChI is InChI=1S/C20H21FN2O2/c1-13-6-7-16(12-17(13)21)20(25)23-10-4-5-14-11-15(8-9-18(14)23)19(24)22(2)3/h6-9,11-12H,4-5,10H2,1-3H3. The molecule has 25 heavy (non-hydrogen) atoms. The zero-order valence-corrected chi connectivity index (χ0v) is 14.7. The minimum absolute atomic E-state index is 0.0631. The second kappa shape index (κ2) is 6.67. The summed E-state index contributed by atoms with van der Waals surface area (Å²) in [7, 11) is 3.42. The number of fused-ring (bicyclic) bond motifs is 1. The van der Waals surface area contributed by atoms with Gasteiger partial charge >= 0.3 is 0 Å². The summed E-state index contributed by atoms with van der Waals surface area (Å²) in [6, 6.07) is 9.96. The molecular weight excluding hydrogens is 319 g/mol. The molecular formula is C20H21FN2O2. The smallest absolute Gasteiger partial charge is 0.258 e. The van der Waals surface area contributed by atoms with Crippen LogP contribution in [0.15, 0.2) is 36.4 Å². The van der Waals surface area contributed by atoms with Crippen LogP contribution in [0.3, 0.4) is 0 Å². The number of hydrogen-bond acceptors (Lipinski definition) is 2. The number of rotatable bonds is 2. The second-order valence-electron chi connectivity index (χ2n) is 6.57. The SMILES string of the molecule is Cc1ccc(C(=O)N2CCCc3cc(C(=O)N(C)C)ccc32)cc1F. The lowest BCUT2D eigenvalue weighted by Gasteiger charge is -2.30. The molecule has 0 saturated carbocycles. The van der Waals surface area contributed by atoms with E-state index in [9.17, 15) is 14.0 Å². The second-order valence-corrected chi connectivity index (χ2v) is 6.57. The maximum Gasteiger partial charge on any atom is 0.258 e. The largest absolute Gasteiger partial charge is 0.345 e. The third-order valence-electron chi connectivity index (χ3n) is 4.52. The van der Waals surface area contributed by atoms with E-state index < -0.39 is 0 Å². The predicted molar refractivity (Wildman–Crippen MR) is 95.6 cm³/mol. The zero-order valence-electron chi connectivity index (χ0n) is 14.7. The highest BCUT2D eigenvalue weighted by molar-refractivity contribution is 6.07. The molecule has 2 aromatic carbocycles. The van der Waals surface area contributed by atoms with Gasteiger partial charge in [0.2, 0.25) is 0 Å². The van der Waals surface area contributed by atoms with Gasteiger partial charge in [-0.15, -0.1) is 0 Å². The first-order valence-corrected chi connectivity index (χ1v) is 8.31. The van der Waals surface area contributed by atoms with Crippen LogP contribution >= 0.6 is 0 Å². The summed E-state index contributed by atoms with van der Waals surface area (Å²) in [6.45, 7) is 2.26. The van der Waals surface area contributed by atoms with Crippen molar-refractivity contribution in [2.75, 3.05) is 25.5 Å². The number of halogens is 1. The van der Waals surface area contributed by atoms with Crippen LogP contribution in [-0.4, -0.2) is 37.4 Å². The van der Waals surface area contributed by atoms with Crippen LogP contribution in [0.1, 0.15) is 38.3 Å². The number of carbonyl (C=O) groups excluding carboxylic acids is 2. The molecule has 0 saturated heterocycles. The number of nitrogens with zero attached hydrogens (tertiary/aromatic N) is 2. The Kier molecular flexibility index (Phi) is 4.57. The average Bonchev–Trinajstić information content (AvgIpc) is 2.61. The van der Waals surface area contributed by atoms with E-state index in [0.29, 0.717) is 23.2 Å². The van der Waals surface area contributed by atoms with Gasteiger partial charge in [-0.3, -0.25) is 9.59 Å². The van der Waals surface area contributed by atoms with Crippen molar-refractivity contribution >= 4 is 17.5 Å². The molecule has 1 aliphatic heterocycles. The minimum atomic E-state index is -0.380. The van der Waals surface area contributed by atoms with Gasteiger partial charge in [0.05, 0.1) is 0 Å². The van der Waals surface area contributed by atoms with Crippen molar-refractivity contribution in [3.63, 3.8) is 0 Å². The summed E-state index contributed by atoms with van der Waals surface area (Å²) in [5.41, 5.74) is 3.23. The van der Waals surface area contributed by atoms with E-state index >= 15 is 0 Å². The quantitative estimate of drug-likeness (QED) is 0.840. The molecule has 5 heteroatoms. The average molecular weight is 340 g/mol. The summed E-state index contributed by atoms with van der Waals surface area (Å²) in [5, 5.41) is 0. The van der Waals surface area contributed by atoms with Crippen LogP contribution in [0.25, 0.3) is 0 Å². The number of hydrogen-bond donors (Lipinski definition) is 0. The Morgan fingerprint density at radius 2 is 1.80 bits per heavy atom. The van der Waals surface area contributed by atoms with Gasteiger partial charge in [-0.25, -0.2) is 4.39 Å². The molecule has 0 spiro atoms. The molecule has 0 radical (unpaired) electrons. The fourth-order valence-electron chi connectivity index (χ4n) is 3.08. The van der Waals surface area contributed by atoms with E-state index in [1.54, 1.807) is 44.1 Å². The fourth-order valence-corrected chi connectivity index (χ4v) is 3.08. The van der Waals surface area contributed by atoms with Crippen LogP contribution in [0, 0.1) is 12.7 Å². The van der Waals surface area contributed by atoms with Crippen molar-refractivity contribution in [1.82, 2.24) is 4.90 Å². The summed E-state index contributed by atoms with van der Waals surface area (Å²) in [4.78, 5) is 28.2. The van der Waals surface area contributed by atoms with E-state index in [2.05, 4.69) is 0 Å². The number of anilines is 1. The minimum Gasteiger partial charge on any atom is -0.345 e. The molecule has 0 N–H and O–H groups in total. The van der Waals surface area contributed by atoms with Gasteiger partial charge in [0.15, 0.2) is 0 Å². The molecule has 3 rings (SSSR count). The van der Waals surface area contributed by atoms with Gasteiger partial charge in [0.1, 0.15) is 5.82 Å². The van der Waals surface area contributed by atoms with E-state index in [4.69, 9.17) is 0 Å². The Hall–Kier alpha value is -2.69. The molecule has 1 aliphatic rings. The van der Waals surface area contributed by atoms with E-state index in [-0.39, 0.29) is 17.6 Å². The number of amides is 2. The number of carbonyl (C=O) groups is 2. The van der Waals surface area contributed by atoms with E-state index in [0.717, 1.165) is 24.1 Å². The molecule has 0 bridgehead atoms. The lowest BCUT2D eigenvalue weighted by atomic mass is 9.98. The Balaban J connectivity index is 1.94. The first-order chi connectivity index (χ1) is 11.9. The Labute approximate surface area is 146 Å². The van der Waals surface area contributed by atoms with Crippen LogP contribution < -0.4 is 4.90 Å². The summed E-state index contributed by atoms with van der Waals surface area (Å²) in [5.74, 6) is -0.659. The van der Waals surface area contributed by atoms with Crippen molar-refractivity contribution < 1.29 is 14.0 Å². The third kappa shape index (κ3) is 3.27. The molecule has 2 amide bonds. The lowest BCUT2D eigenvalue weighted by molar-refractivity contribution is 0.0827. The molecule has 130 valence electrons. The normalized spacial score (nSPS) is 13.4. The van der Waals surface area contributed by atoms with Gasteiger partial charge in [-0.05, 0) is 61.2 Å². The number of benzene rings is 2. The first kappa shape index (κ1) is 17.1. The number of aryl methyl sites for hydroxylation is 2. The molecule has 1 heterocycles. The molecule has 0 aromatic heterocycles. The van der Waals surface area contributed by atoms with Crippen molar-refractivity contribution in [2.45, 2.75) is 19.8 Å². The monoisotopic (exact) mass is 340 g/mol. The molecule has 0 atom stereocenters. The van der Waals surface area contributed by atoms with Crippen LogP contribution in [0.2, 0.25) is 0 Å². The highest BCUT2D eigenvalue weighted by Crippen LogP contribution is 2.30. The maximum absolute atomic E-state index is 13.8. The van der Waals surface area contributed by atoms with Crippen molar-refractivity contribution in [3.8, 4) is 0 Å². The Morgan fingerprint density at radius 1 is 1.08 bits per heavy atom. The molecule has 4 nitrogen and oxygen atoms in total. The summed E-state index contributed by atoms with van der Waals surface area (Å²) >= 11 is 0. The van der Waals surface area contributed by atoms with Gasteiger partial charge < -0.3 is 9.80 Å². The fraction of sp³-hybridized carbons (Fsp3) is 0.300. The van der Waals surface area contributed by atoms with Crippen LogP contribution in [0.5, 0.6) is 0 Å². The van der Waals surface area contributed by atoms with Gasteiger partial charge in [0, 0.05) is 37.5 Å². The van der Waals surface area contributed by atoms with E-state index in [1.807, 2.05) is 12.1 Å².